The third kappa shape index (κ3) is 2.06. The number of nitrogens with zero attached hydrogens (tertiary/aromatic N) is 2. The van der Waals surface area contributed by atoms with Crippen molar-refractivity contribution in [2.45, 2.75) is 12.5 Å². The Balaban J connectivity index is 1.92. The Morgan fingerprint density at radius 3 is 3.16 bits per heavy atom. The second-order valence-electron chi connectivity index (χ2n) is 4.59. The van der Waals surface area contributed by atoms with Crippen LogP contribution >= 0.6 is 11.3 Å². The van der Waals surface area contributed by atoms with Gasteiger partial charge >= 0.3 is 0 Å². The number of anilines is 1. The number of pyridine rings is 1. The molecule has 2 N–H and O–H groups in total. The van der Waals surface area contributed by atoms with Crippen LogP contribution in [-0.4, -0.2) is 42.1 Å². The SMILES string of the molecule is COC1CCN(C(=O)c2sc3cccnc3c2N)C1. The molecule has 3 heterocycles. The molecule has 5 nitrogen and oxygen atoms in total. The molecule has 3 rings (SSSR count). The van der Waals surface area contributed by atoms with Crippen molar-refractivity contribution in [3.05, 3.63) is 23.2 Å². The highest BCUT2D eigenvalue weighted by atomic mass is 32.1. The number of carbonyl (C=O) groups is 1. The van der Waals surface area contributed by atoms with Gasteiger partial charge in [-0.15, -0.1) is 11.3 Å². The summed E-state index contributed by atoms with van der Waals surface area (Å²) in [4.78, 5) is 19.1. The molecule has 0 aliphatic carbocycles. The molecule has 1 aliphatic heterocycles. The van der Waals surface area contributed by atoms with E-state index in [2.05, 4.69) is 4.98 Å². The Bertz CT molecular complexity index is 625. The molecule has 2 aromatic rings. The van der Waals surface area contributed by atoms with E-state index >= 15 is 0 Å². The normalized spacial score (nSPS) is 19.2. The van der Waals surface area contributed by atoms with Gasteiger partial charge in [-0.05, 0) is 18.6 Å². The second kappa shape index (κ2) is 4.79. The molecular formula is C13H15N3O2S. The lowest BCUT2D eigenvalue weighted by molar-refractivity contribution is 0.0729. The number of aromatic nitrogens is 1. The first-order chi connectivity index (χ1) is 9.20. The number of ether oxygens (including phenoxy) is 1. The van der Waals surface area contributed by atoms with Crippen LogP contribution < -0.4 is 5.73 Å². The van der Waals surface area contributed by atoms with E-state index in [9.17, 15) is 4.79 Å². The van der Waals surface area contributed by atoms with Crippen molar-refractivity contribution in [3.63, 3.8) is 0 Å². The maximum Gasteiger partial charge on any atom is 0.266 e. The molecule has 6 heteroatoms. The minimum Gasteiger partial charge on any atom is -0.396 e. The number of likely N-dealkylation sites (tertiary alicyclic amines) is 1. The Labute approximate surface area is 115 Å². The maximum atomic E-state index is 12.5. The van der Waals surface area contributed by atoms with Gasteiger partial charge in [0.25, 0.3) is 5.91 Å². The number of amides is 1. The van der Waals surface area contributed by atoms with Crippen molar-refractivity contribution in [2.75, 3.05) is 25.9 Å². The first-order valence-electron chi connectivity index (χ1n) is 6.15. The zero-order chi connectivity index (χ0) is 13.4. The number of thiophene rings is 1. The van der Waals surface area contributed by atoms with Crippen LogP contribution in [0.25, 0.3) is 10.2 Å². The molecule has 1 amide bonds. The van der Waals surface area contributed by atoms with Crippen LogP contribution in [0.4, 0.5) is 5.69 Å². The highest BCUT2D eigenvalue weighted by Crippen LogP contribution is 2.33. The first kappa shape index (κ1) is 12.4. The smallest absolute Gasteiger partial charge is 0.266 e. The molecule has 1 fully saturated rings. The van der Waals surface area contributed by atoms with Gasteiger partial charge in [0, 0.05) is 26.4 Å². The molecule has 1 aliphatic rings. The van der Waals surface area contributed by atoms with Crippen molar-refractivity contribution in [3.8, 4) is 0 Å². The molecule has 19 heavy (non-hydrogen) atoms. The van der Waals surface area contributed by atoms with Gasteiger partial charge in [0.15, 0.2) is 0 Å². The Morgan fingerprint density at radius 1 is 1.63 bits per heavy atom. The summed E-state index contributed by atoms with van der Waals surface area (Å²) in [6.07, 6.45) is 2.71. The first-order valence-corrected chi connectivity index (χ1v) is 6.97. The Morgan fingerprint density at radius 2 is 2.47 bits per heavy atom. The second-order valence-corrected chi connectivity index (χ2v) is 5.64. The predicted molar refractivity (Wildman–Crippen MR) is 75.3 cm³/mol. The van der Waals surface area contributed by atoms with Gasteiger partial charge < -0.3 is 15.4 Å². The van der Waals surface area contributed by atoms with Crippen molar-refractivity contribution in [1.29, 1.82) is 0 Å². The molecule has 1 unspecified atom stereocenters. The van der Waals surface area contributed by atoms with Crippen LogP contribution in [0.2, 0.25) is 0 Å². The summed E-state index contributed by atoms with van der Waals surface area (Å²) in [5.41, 5.74) is 7.26. The van der Waals surface area contributed by atoms with Gasteiger partial charge in [0.2, 0.25) is 0 Å². The minimum absolute atomic E-state index is 0.0138. The average Bonchev–Trinajstić information content (AvgIpc) is 3.04. The summed E-state index contributed by atoms with van der Waals surface area (Å²) in [6.45, 7) is 1.36. The molecule has 0 aromatic carbocycles. The standard InChI is InChI=1S/C13H15N3O2S/c1-18-8-4-6-16(7-8)13(17)12-10(14)11-9(19-12)3-2-5-15-11/h2-3,5,8H,4,6-7,14H2,1H3. The van der Waals surface area contributed by atoms with E-state index in [-0.39, 0.29) is 12.0 Å². The molecule has 0 radical (unpaired) electrons. The number of carbonyl (C=O) groups excluding carboxylic acids is 1. The number of nitrogens with two attached hydrogens (primary N) is 1. The third-order valence-electron chi connectivity index (χ3n) is 3.44. The highest BCUT2D eigenvalue weighted by molar-refractivity contribution is 7.21. The largest absolute Gasteiger partial charge is 0.396 e. The van der Waals surface area contributed by atoms with Crippen LogP contribution in [0, 0.1) is 0 Å². The lowest BCUT2D eigenvalue weighted by Gasteiger charge is -2.15. The number of hydrogen-bond acceptors (Lipinski definition) is 5. The zero-order valence-electron chi connectivity index (χ0n) is 10.6. The summed E-state index contributed by atoms with van der Waals surface area (Å²) >= 11 is 1.41. The summed E-state index contributed by atoms with van der Waals surface area (Å²) in [6, 6.07) is 3.78. The van der Waals surface area contributed by atoms with E-state index in [4.69, 9.17) is 10.5 Å². The number of hydrogen-bond donors (Lipinski definition) is 1. The number of nitrogen functional groups attached to an aromatic ring is 1. The fraction of sp³-hybridized carbons (Fsp3) is 0.385. The molecule has 0 spiro atoms. The molecule has 1 saturated heterocycles. The van der Waals surface area contributed by atoms with Crippen molar-refractivity contribution >= 4 is 33.1 Å². The minimum atomic E-state index is -0.0138. The summed E-state index contributed by atoms with van der Waals surface area (Å²) in [5.74, 6) is -0.0138. The van der Waals surface area contributed by atoms with E-state index in [1.165, 1.54) is 11.3 Å². The van der Waals surface area contributed by atoms with Gasteiger partial charge in [-0.25, -0.2) is 0 Å². The predicted octanol–water partition coefficient (Wildman–Crippen LogP) is 1.74. The Hall–Kier alpha value is -1.66. The average molecular weight is 277 g/mol. The van der Waals surface area contributed by atoms with Crippen molar-refractivity contribution < 1.29 is 9.53 Å². The lowest BCUT2D eigenvalue weighted by Crippen LogP contribution is -2.29. The van der Waals surface area contributed by atoms with E-state index in [1.54, 1.807) is 18.2 Å². The Kier molecular flexibility index (Phi) is 3.12. The number of fused-ring (bicyclic) bond motifs is 1. The van der Waals surface area contributed by atoms with Crippen LogP contribution in [0.3, 0.4) is 0 Å². The van der Waals surface area contributed by atoms with Crippen LogP contribution in [0.15, 0.2) is 18.3 Å². The van der Waals surface area contributed by atoms with E-state index in [0.29, 0.717) is 17.1 Å². The van der Waals surface area contributed by atoms with Gasteiger partial charge in [0.05, 0.1) is 16.5 Å². The summed E-state index contributed by atoms with van der Waals surface area (Å²) in [5, 5.41) is 0. The fourth-order valence-corrected chi connectivity index (χ4v) is 3.40. The third-order valence-corrected chi connectivity index (χ3v) is 4.59. The van der Waals surface area contributed by atoms with Crippen LogP contribution in [0.1, 0.15) is 16.1 Å². The van der Waals surface area contributed by atoms with Crippen LogP contribution in [0.5, 0.6) is 0 Å². The number of rotatable bonds is 2. The molecular weight excluding hydrogens is 262 g/mol. The molecule has 0 bridgehead atoms. The molecule has 2 aromatic heterocycles. The topological polar surface area (TPSA) is 68.5 Å². The zero-order valence-corrected chi connectivity index (χ0v) is 11.4. The van der Waals surface area contributed by atoms with Gasteiger partial charge in [-0.1, -0.05) is 0 Å². The van der Waals surface area contributed by atoms with Crippen molar-refractivity contribution in [2.24, 2.45) is 0 Å². The fourth-order valence-electron chi connectivity index (χ4n) is 2.36. The number of methoxy groups -OCH3 is 1. The van der Waals surface area contributed by atoms with Gasteiger partial charge in [-0.3, -0.25) is 9.78 Å². The molecule has 100 valence electrons. The van der Waals surface area contributed by atoms with Crippen LogP contribution in [-0.2, 0) is 4.74 Å². The lowest BCUT2D eigenvalue weighted by atomic mass is 10.3. The molecule has 0 saturated carbocycles. The van der Waals surface area contributed by atoms with E-state index in [0.717, 1.165) is 23.2 Å². The van der Waals surface area contributed by atoms with E-state index in [1.807, 2.05) is 12.1 Å². The van der Waals surface area contributed by atoms with Gasteiger partial charge in [-0.2, -0.15) is 0 Å². The van der Waals surface area contributed by atoms with Gasteiger partial charge in [0.1, 0.15) is 10.4 Å². The quantitative estimate of drug-likeness (QED) is 0.908. The highest BCUT2D eigenvalue weighted by Gasteiger charge is 2.29. The monoisotopic (exact) mass is 277 g/mol. The summed E-state index contributed by atoms with van der Waals surface area (Å²) in [7, 11) is 1.68. The summed E-state index contributed by atoms with van der Waals surface area (Å²) < 4.78 is 6.23. The van der Waals surface area contributed by atoms with Crippen molar-refractivity contribution in [1.82, 2.24) is 9.88 Å². The molecule has 1 atom stereocenters. The maximum absolute atomic E-state index is 12.5. The van der Waals surface area contributed by atoms with E-state index < -0.39 is 0 Å².